The van der Waals surface area contributed by atoms with Gasteiger partial charge in [0, 0.05) is 18.0 Å². The first-order valence-corrected chi connectivity index (χ1v) is 8.80. The van der Waals surface area contributed by atoms with Crippen molar-refractivity contribution in [2.75, 3.05) is 26.2 Å². The van der Waals surface area contributed by atoms with Gasteiger partial charge in [-0.3, -0.25) is 9.89 Å². The second-order valence-electron chi connectivity index (χ2n) is 6.40. The van der Waals surface area contributed by atoms with Crippen molar-refractivity contribution in [1.29, 1.82) is 0 Å². The molecule has 0 bridgehead atoms. The summed E-state index contributed by atoms with van der Waals surface area (Å²) in [4.78, 5) is 7.15. The number of ether oxygens (including phenoxy) is 1. The summed E-state index contributed by atoms with van der Waals surface area (Å²) in [6.45, 7) is 6.13. The van der Waals surface area contributed by atoms with Crippen LogP contribution in [0.4, 0.5) is 0 Å². The highest BCUT2D eigenvalue weighted by atomic mass is 16.5. The number of nitrogens with one attached hydrogen (secondary N) is 1. The lowest BCUT2D eigenvalue weighted by atomic mass is 10.0. The Bertz CT molecular complexity index is 540. The summed E-state index contributed by atoms with van der Waals surface area (Å²) in [5.74, 6) is 1.50. The van der Waals surface area contributed by atoms with Crippen LogP contribution in [0.2, 0.25) is 0 Å². The lowest BCUT2D eigenvalue weighted by molar-refractivity contribution is 0.242. The molecule has 0 radical (unpaired) electrons. The molecular formula is C18H28N4O. The molecule has 0 aliphatic carbocycles. The lowest BCUT2D eigenvalue weighted by Gasteiger charge is -2.28. The molecule has 23 heavy (non-hydrogen) atoms. The van der Waals surface area contributed by atoms with Crippen LogP contribution in [-0.2, 0) is 0 Å². The highest BCUT2D eigenvalue weighted by Crippen LogP contribution is 2.31. The summed E-state index contributed by atoms with van der Waals surface area (Å²) in [5.41, 5.74) is 7.31. The van der Waals surface area contributed by atoms with Crippen LogP contribution in [0.25, 0.3) is 0 Å². The predicted molar refractivity (Wildman–Crippen MR) is 93.8 cm³/mol. The van der Waals surface area contributed by atoms with Crippen molar-refractivity contribution in [3.05, 3.63) is 29.8 Å². The first-order chi connectivity index (χ1) is 11.3. The molecule has 5 nitrogen and oxygen atoms in total. The Kier molecular flexibility index (Phi) is 5.39. The Labute approximate surface area is 138 Å². The minimum absolute atomic E-state index is 0.190. The van der Waals surface area contributed by atoms with Crippen molar-refractivity contribution < 1.29 is 4.74 Å². The van der Waals surface area contributed by atoms with Gasteiger partial charge in [-0.2, -0.15) is 0 Å². The molecule has 5 heteroatoms. The molecule has 3 N–H and O–H groups in total. The molecule has 0 aromatic heterocycles. The molecule has 1 aromatic carbocycles. The maximum absolute atomic E-state index is 6.14. The molecule has 2 unspecified atom stereocenters. The molecule has 2 aliphatic rings. The third-order valence-electron chi connectivity index (χ3n) is 4.88. The summed E-state index contributed by atoms with van der Waals surface area (Å²) in [5, 5.41) is 3.37. The van der Waals surface area contributed by atoms with Gasteiger partial charge >= 0.3 is 0 Å². The second-order valence-corrected chi connectivity index (χ2v) is 6.40. The van der Waals surface area contributed by atoms with Gasteiger partial charge < -0.3 is 15.8 Å². The quantitative estimate of drug-likeness (QED) is 0.646. The van der Waals surface area contributed by atoms with Crippen LogP contribution in [-0.4, -0.2) is 43.1 Å². The molecule has 1 saturated heterocycles. The van der Waals surface area contributed by atoms with Gasteiger partial charge in [-0.1, -0.05) is 25.1 Å². The number of fused-ring (bicyclic) bond motifs is 1. The van der Waals surface area contributed by atoms with Crippen LogP contribution >= 0.6 is 0 Å². The first-order valence-electron chi connectivity index (χ1n) is 8.80. The van der Waals surface area contributed by atoms with E-state index >= 15 is 0 Å². The average molecular weight is 316 g/mol. The zero-order valence-electron chi connectivity index (χ0n) is 14.0. The largest absolute Gasteiger partial charge is 0.493 e. The van der Waals surface area contributed by atoms with Crippen molar-refractivity contribution in [3.8, 4) is 5.75 Å². The Morgan fingerprint density at radius 2 is 2.17 bits per heavy atom. The monoisotopic (exact) mass is 316 g/mol. The van der Waals surface area contributed by atoms with Gasteiger partial charge in [0.05, 0.1) is 19.2 Å². The van der Waals surface area contributed by atoms with Crippen molar-refractivity contribution in [1.82, 2.24) is 10.2 Å². The Hall–Kier alpha value is -1.75. The summed E-state index contributed by atoms with van der Waals surface area (Å²) in [6.07, 6.45) is 4.66. The van der Waals surface area contributed by atoms with Gasteiger partial charge in [0.2, 0.25) is 0 Å². The normalized spacial score (nSPS) is 23.2. The predicted octanol–water partition coefficient (Wildman–Crippen LogP) is 2.29. The molecule has 0 saturated carbocycles. The Balaban J connectivity index is 1.59. The maximum Gasteiger partial charge on any atom is 0.189 e. The number of rotatable bonds is 5. The zero-order chi connectivity index (χ0) is 16.1. The fraction of sp³-hybridized carbons (Fsp3) is 0.611. The van der Waals surface area contributed by atoms with E-state index in [1.165, 1.54) is 31.5 Å². The number of hydrogen-bond acceptors (Lipinski definition) is 3. The van der Waals surface area contributed by atoms with Crippen LogP contribution < -0.4 is 15.8 Å². The summed E-state index contributed by atoms with van der Waals surface area (Å²) in [7, 11) is 0. The molecule has 2 aliphatic heterocycles. The number of nitrogens with zero attached hydrogens (tertiary/aromatic N) is 2. The second kappa shape index (κ2) is 7.68. The van der Waals surface area contributed by atoms with Gasteiger partial charge in [-0.25, -0.2) is 0 Å². The van der Waals surface area contributed by atoms with Crippen LogP contribution in [0.5, 0.6) is 5.75 Å². The third kappa shape index (κ3) is 3.96. The molecule has 0 spiro atoms. The highest BCUT2D eigenvalue weighted by Gasteiger charge is 2.22. The number of para-hydroxylation sites is 1. The van der Waals surface area contributed by atoms with Crippen LogP contribution in [0.3, 0.4) is 0 Å². The van der Waals surface area contributed by atoms with Crippen molar-refractivity contribution >= 4 is 5.96 Å². The van der Waals surface area contributed by atoms with E-state index in [-0.39, 0.29) is 6.04 Å². The Morgan fingerprint density at radius 3 is 2.96 bits per heavy atom. The molecular weight excluding hydrogens is 288 g/mol. The first kappa shape index (κ1) is 16.1. The number of aliphatic imine (C=N–C) groups is 1. The van der Waals surface area contributed by atoms with Crippen LogP contribution in [0.1, 0.15) is 44.2 Å². The number of likely N-dealkylation sites (tertiary alicyclic amines) is 1. The third-order valence-corrected chi connectivity index (χ3v) is 4.88. The lowest BCUT2D eigenvalue weighted by Crippen LogP contribution is -2.39. The zero-order valence-corrected chi connectivity index (χ0v) is 14.0. The fourth-order valence-electron chi connectivity index (χ4n) is 3.53. The highest BCUT2D eigenvalue weighted by molar-refractivity contribution is 5.78. The molecule has 1 fully saturated rings. The van der Waals surface area contributed by atoms with E-state index in [4.69, 9.17) is 10.5 Å². The van der Waals surface area contributed by atoms with E-state index in [1.54, 1.807) is 0 Å². The van der Waals surface area contributed by atoms with E-state index < -0.39 is 0 Å². The van der Waals surface area contributed by atoms with Crippen molar-refractivity contribution in [2.45, 2.75) is 44.7 Å². The molecule has 126 valence electrons. The minimum Gasteiger partial charge on any atom is -0.493 e. The molecule has 2 atom stereocenters. The molecule has 1 aromatic rings. The number of benzene rings is 1. The number of hydrogen-bond donors (Lipinski definition) is 2. The number of guanidine groups is 1. The van der Waals surface area contributed by atoms with Gasteiger partial charge in [-0.05, 0) is 38.4 Å². The molecule has 3 rings (SSSR count). The Morgan fingerprint density at radius 1 is 1.39 bits per heavy atom. The van der Waals surface area contributed by atoms with Crippen molar-refractivity contribution in [2.24, 2.45) is 10.7 Å². The smallest absolute Gasteiger partial charge is 0.189 e. The standard InChI is InChI=1S/C18H28N4O/c1-2-14(22-10-5-6-11-22)13-20-18(19)21-16-9-12-23-17-8-4-3-7-15(16)17/h3-4,7-8,14,16H,2,5-6,9-13H2,1H3,(H3,19,20,21). The van der Waals surface area contributed by atoms with Gasteiger partial charge in [-0.15, -0.1) is 0 Å². The van der Waals surface area contributed by atoms with E-state index in [0.29, 0.717) is 18.6 Å². The average Bonchev–Trinajstić information content (AvgIpc) is 3.10. The van der Waals surface area contributed by atoms with E-state index in [1.807, 2.05) is 18.2 Å². The van der Waals surface area contributed by atoms with E-state index in [9.17, 15) is 0 Å². The van der Waals surface area contributed by atoms with Gasteiger partial charge in [0.1, 0.15) is 5.75 Å². The summed E-state index contributed by atoms with van der Waals surface area (Å²) < 4.78 is 5.69. The van der Waals surface area contributed by atoms with Gasteiger partial charge in [0.25, 0.3) is 0 Å². The summed E-state index contributed by atoms with van der Waals surface area (Å²) >= 11 is 0. The van der Waals surface area contributed by atoms with E-state index in [2.05, 4.69) is 28.2 Å². The molecule has 0 amide bonds. The van der Waals surface area contributed by atoms with E-state index in [0.717, 1.165) is 25.1 Å². The maximum atomic E-state index is 6.14. The van der Waals surface area contributed by atoms with Crippen molar-refractivity contribution in [3.63, 3.8) is 0 Å². The number of nitrogens with two attached hydrogens (primary N) is 1. The minimum atomic E-state index is 0.190. The van der Waals surface area contributed by atoms with Crippen LogP contribution in [0.15, 0.2) is 29.3 Å². The van der Waals surface area contributed by atoms with Crippen LogP contribution in [0, 0.1) is 0 Å². The summed E-state index contributed by atoms with van der Waals surface area (Å²) in [6, 6.07) is 8.85. The molecule has 2 heterocycles. The SMILES string of the molecule is CCC(CN=C(N)NC1CCOc2ccccc21)N1CCCC1. The van der Waals surface area contributed by atoms with Gasteiger partial charge in [0.15, 0.2) is 5.96 Å². The topological polar surface area (TPSA) is 62.9 Å². The fourth-order valence-corrected chi connectivity index (χ4v) is 3.53.